The predicted octanol–water partition coefficient (Wildman–Crippen LogP) is 4.98. The van der Waals surface area contributed by atoms with Crippen LogP contribution in [0.3, 0.4) is 0 Å². The van der Waals surface area contributed by atoms with Crippen LogP contribution < -0.4 is 9.47 Å². The summed E-state index contributed by atoms with van der Waals surface area (Å²) in [5.74, 6) is 2.45. The van der Waals surface area contributed by atoms with E-state index in [1.807, 2.05) is 30.7 Å². The average Bonchev–Trinajstić information content (AvgIpc) is 4.01. The second-order valence-corrected chi connectivity index (χ2v) is 16.1. The summed E-state index contributed by atoms with van der Waals surface area (Å²) in [5, 5.41) is 45.8. The fourth-order valence-corrected chi connectivity index (χ4v) is 9.19. The number of ether oxygens (including phenoxy) is 5. The molecule has 6 bridgehead atoms. The van der Waals surface area contributed by atoms with E-state index in [-0.39, 0.29) is 73.6 Å². The van der Waals surface area contributed by atoms with Gasteiger partial charge in [-0.15, -0.1) is 0 Å². The molecule has 4 heterocycles. The fraction of sp³-hybridized carbons (Fsp3) is 0.404. The molecule has 4 N–H and O–H groups in total. The molecule has 1 amide bonds. The van der Waals surface area contributed by atoms with Crippen LogP contribution in [0.4, 0.5) is 0 Å². The van der Waals surface area contributed by atoms with Gasteiger partial charge in [-0.1, -0.05) is 30.9 Å². The zero-order valence-corrected chi connectivity index (χ0v) is 33.3. The normalized spacial score (nSPS) is 24.9. The third-order valence-corrected chi connectivity index (χ3v) is 12.3. The van der Waals surface area contributed by atoms with Crippen molar-refractivity contribution in [3.8, 4) is 29.3 Å². The Labute approximate surface area is 347 Å². The lowest BCUT2D eigenvalue weighted by molar-refractivity contribution is -0.278. The molecule has 4 aliphatic heterocycles. The minimum atomic E-state index is -1.58. The van der Waals surface area contributed by atoms with Crippen molar-refractivity contribution in [2.75, 3.05) is 33.5 Å². The highest BCUT2D eigenvalue weighted by atomic mass is 16.7. The molecule has 310 valence electrons. The Balaban J connectivity index is 1.08. The van der Waals surface area contributed by atoms with Gasteiger partial charge in [0.05, 0.1) is 43.0 Å². The zero-order chi connectivity index (χ0) is 41.5. The van der Waals surface area contributed by atoms with Crippen LogP contribution in [-0.4, -0.2) is 107 Å². The quantitative estimate of drug-likeness (QED) is 0.169. The molecule has 3 aromatic rings. The largest absolute Gasteiger partial charge is 0.506 e. The molecule has 2 aliphatic carbocycles. The minimum absolute atomic E-state index is 0.0171. The number of hydrogen-bond acceptors (Lipinski definition) is 12. The molecule has 13 heteroatoms. The Morgan fingerprint density at radius 3 is 2.73 bits per heavy atom. The standard InChI is InChI=1S/C47H46N2O11/c1-56-31-18-29-19-34(27-8-2-3-9-27)41-37(51)23-49-22-35-28(10-4-12-32(35)46(49)55)11-6-16-58-45-42(52)39(60-47(44(45)54)59-38(20-31)40(29)43(41)53)25-57-24-30-21-48-36-14-13-26(7-5-15-50)17-33(30)36/h4,10,12-14,17-21,27,39,42,44-45,47,50,52,54H,2-3,5,7-9,11,15,22-25H2,1H3/p+1. The van der Waals surface area contributed by atoms with Crippen molar-refractivity contribution < 1.29 is 53.7 Å². The number of phenolic OH excluding ortho intramolecular Hbond substituents is 1. The molecule has 9 rings (SSSR count). The monoisotopic (exact) mass is 815 g/mol. The predicted molar refractivity (Wildman–Crippen MR) is 220 cm³/mol. The first kappa shape index (κ1) is 39.8. The first-order chi connectivity index (χ1) is 29.2. The molecule has 0 radical (unpaired) electrons. The lowest BCUT2D eigenvalue weighted by Gasteiger charge is -2.41. The summed E-state index contributed by atoms with van der Waals surface area (Å²) in [5.41, 5.74) is 6.48. The number of hydrogen-bond donors (Lipinski definition) is 4. The van der Waals surface area contributed by atoms with E-state index in [9.17, 15) is 30.0 Å². The summed E-state index contributed by atoms with van der Waals surface area (Å²) < 4.78 is 30.4. The van der Waals surface area contributed by atoms with Crippen LogP contribution in [0.15, 0.2) is 76.0 Å². The third-order valence-electron chi connectivity index (χ3n) is 12.3. The van der Waals surface area contributed by atoms with Crippen molar-refractivity contribution in [1.82, 2.24) is 4.90 Å². The zero-order valence-electron chi connectivity index (χ0n) is 33.3. The van der Waals surface area contributed by atoms with Crippen molar-refractivity contribution in [2.24, 2.45) is 4.99 Å². The number of nitrogens with zero attached hydrogens (tertiary/aromatic N) is 2. The lowest BCUT2D eigenvalue weighted by atomic mass is 9.87. The highest BCUT2D eigenvalue weighted by Crippen LogP contribution is 2.47. The number of ketones is 1. The van der Waals surface area contributed by atoms with E-state index in [0.29, 0.717) is 28.7 Å². The molecule has 5 atom stereocenters. The maximum absolute atomic E-state index is 14.5. The first-order valence-corrected chi connectivity index (χ1v) is 20.6. The van der Waals surface area contributed by atoms with Gasteiger partial charge >= 0.3 is 0 Å². The molecule has 13 nitrogen and oxygen atoms in total. The fourth-order valence-electron chi connectivity index (χ4n) is 9.19. The lowest BCUT2D eigenvalue weighted by Crippen LogP contribution is -2.60. The van der Waals surface area contributed by atoms with Crippen LogP contribution in [0, 0.1) is 18.4 Å². The Morgan fingerprint density at radius 2 is 1.92 bits per heavy atom. The summed E-state index contributed by atoms with van der Waals surface area (Å²) in [7, 11) is 1.50. The third kappa shape index (κ3) is 7.43. The Hall–Kier alpha value is -5.62. The van der Waals surface area contributed by atoms with Gasteiger partial charge in [-0.3, -0.25) is 9.59 Å². The minimum Gasteiger partial charge on any atom is -0.506 e. The number of aliphatic hydroxyl groups is 3. The number of allylic oxidation sites excluding steroid dienone is 4. The van der Waals surface area contributed by atoms with E-state index in [2.05, 4.69) is 17.0 Å². The molecule has 1 saturated heterocycles. The number of fused-ring (bicyclic) bond motifs is 5. The summed E-state index contributed by atoms with van der Waals surface area (Å²) in [6.45, 7) is 0.0488. The number of carbonyl (C=O) groups is 2. The van der Waals surface area contributed by atoms with Crippen LogP contribution >= 0.6 is 0 Å². The van der Waals surface area contributed by atoms with Crippen molar-refractivity contribution in [2.45, 2.75) is 88.1 Å². The average molecular weight is 816 g/mol. The van der Waals surface area contributed by atoms with Gasteiger partial charge in [-0.2, -0.15) is 4.99 Å². The van der Waals surface area contributed by atoms with E-state index < -0.39 is 36.5 Å². The summed E-state index contributed by atoms with van der Waals surface area (Å²) in [4.78, 5) is 34.2. The number of carbonyl (C=O) groups excluding carboxylic acids is 2. The van der Waals surface area contributed by atoms with Crippen LogP contribution in [0.5, 0.6) is 17.2 Å². The van der Waals surface area contributed by atoms with Crippen molar-refractivity contribution in [1.29, 1.82) is 0 Å². The molecule has 60 heavy (non-hydrogen) atoms. The van der Waals surface area contributed by atoms with E-state index in [1.165, 1.54) is 18.1 Å². The molecule has 0 spiro atoms. The van der Waals surface area contributed by atoms with Crippen LogP contribution in [0.25, 0.3) is 10.8 Å². The Morgan fingerprint density at radius 1 is 1.07 bits per heavy atom. The molecule has 6 aliphatic rings. The van der Waals surface area contributed by atoms with Gasteiger partial charge in [0.15, 0.2) is 23.7 Å². The maximum Gasteiger partial charge on any atom is 0.254 e. The van der Waals surface area contributed by atoms with E-state index >= 15 is 0 Å². The summed E-state index contributed by atoms with van der Waals surface area (Å²) in [6.07, 6.45) is 8.72. The van der Waals surface area contributed by atoms with Gasteiger partial charge in [0.25, 0.3) is 5.91 Å². The second-order valence-electron chi connectivity index (χ2n) is 16.1. The number of Topliss-reactive ketones (excluding diaryl/α,β-unsaturated/α-hetero) is 1. The topological polar surface area (TPSA) is 177 Å². The van der Waals surface area contributed by atoms with Gasteiger partial charge in [0, 0.05) is 55.3 Å². The number of rotatable bonds is 9. The molecule has 3 aromatic carbocycles. The SMILES string of the molecule is COc1cc2c3c(O)c(c(C4CCCC4)cc3c1)C(=O)CN1Cc3c(cccc3C1=O)CC#COC1C(O)C(COCC3=C4[CH+]C(CCCO)=CC=C4N=C3)OC(O2)C1O. The highest BCUT2D eigenvalue weighted by molar-refractivity contribution is 6.11. The summed E-state index contributed by atoms with van der Waals surface area (Å²) >= 11 is 0. The maximum atomic E-state index is 14.5. The molecular formula is C47H47N2O11+. The smallest absolute Gasteiger partial charge is 0.254 e. The van der Waals surface area contributed by atoms with Crippen LogP contribution in [-0.2, 0) is 27.2 Å². The number of benzene rings is 3. The van der Waals surface area contributed by atoms with Crippen molar-refractivity contribution in [3.63, 3.8) is 0 Å². The van der Waals surface area contributed by atoms with E-state index in [1.54, 1.807) is 24.4 Å². The molecule has 0 aromatic heterocycles. The van der Waals surface area contributed by atoms with Crippen LogP contribution in [0.1, 0.15) is 81.8 Å². The molecule has 2 fully saturated rings. The second kappa shape index (κ2) is 16.8. The Bertz CT molecular complexity index is 2420. The number of phenols is 1. The van der Waals surface area contributed by atoms with Gasteiger partial charge in [-0.05, 0) is 71.9 Å². The number of aliphatic hydroxyl groups excluding tert-OH is 3. The van der Waals surface area contributed by atoms with Crippen molar-refractivity contribution in [3.05, 3.63) is 105 Å². The highest BCUT2D eigenvalue weighted by Gasteiger charge is 2.48. The van der Waals surface area contributed by atoms with Gasteiger partial charge in [-0.25, -0.2) is 0 Å². The number of aliphatic imine (C=N–C) groups is 1. The number of methoxy groups -OCH3 is 1. The van der Waals surface area contributed by atoms with Gasteiger partial charge < -0.3 is 49.0 Å². The van der Waals surface area contributed by atoms with E-state index in [0.717, 1.165) is 65.6 Å². The van der Waals surface area contributed by atoms with Gasteiger partial charge in [0.1, 0.15) is 47.7 Å². The molecular weight excluding hydrogens is 769 g/mol. The molecule has 5 unspecified atom stereocenters. The van der Waals surface area contributed by atoms with Crippen molar-refractivity contribution >= 4 is 28.7 Å². The molecule has 1 saturated carbocycles. The first-order valence-electron chi connectivity index (χ1n) is 20.6. The van der Waals surface area contributed by atoms with E-state index in [4.69, 9.17) is 23.7 Å². The summed E-state index contributed by atoms with van der Waals surface area (Å²) in [6, 6.07) is 10.6. The number of aromatic hydroxyl groups is 1. The Kier molecular flexibility index (Phi) is 11.1. The van der Waals surface area contributed by atoms with Crippen LogP contribution in [0.2, 0.25) is 0 Å². The number of amides is 1. The van der Waals surface area contributed by atoms with Gasteiger partial charge in [0.2, 0.25) is 6.29 Å².